The average Bonchev–Trinajstić information content (AvgIpc) is 2.58. The fraction of sp³-hybridized carbons (Fsp3) is 0.500. The summed E-state index contributed by atoms with van der Waals surface area (Å²) in [6.07, 6.45) is 0. The predicted octanol–water partition coefficient (Wildman–Crippen LogP) is 7.03. The zero-order valence-electron chi connectivity index (χ0n) is 19.0. The molecule has 0 aliphatic carbocycles. The van der Waals surface area contributed by atoms with Crippen molar-refractivity contribution in [2.45, 2.75) is 87.8 Å². The fourth-order valence-corrected chi connectivity index (χ4v) is 10.4. The molecule has 0 aliphatic heterocycles. The summed E-state index contributed by atoms with van der Waals surface area (Å²) in [7, 11) is -0.198. The Morgan fingerprint density at radius 2 is 0.759 bits per heavy atom. The van der Waals surface area contributed by atoms with Crippen LogP contribution in [0.3, 0.4) is 0 Å². The standard InChI is InChI=1S/2C12H19PS.Co/c2*1-9(2)13(10(3)4)11-7-5-6-8-12(11)14;/h2*5-10,14H,1-4H3;/q;;+2/p-2. The van der Waals surface area contributed by atoms with Gasteiger partial charge in [0.15, 0.2) is 0 Å². The summed E-state index contributed by atoms with van der Waals surface area (Å²) in [4.78, 5) is 2.09. The van der Waals surface area contributed by atoms with E-state index in [0.717, 1.165) is 9.79 Å². The molecule has 0 aliphatic rings. The minimum atomic E-state index is -0.0988. The number of hydrogen-bond donors (Lipinski definition) is 0. The first kappa shape index (κ1) is 29.2. The van der Waals surface area contributed by atoms with Gasteiger partial charge in [-0.1, -0.05) is 120 Å². The van der Waals surface area contributed by atoms with Crippen molar-refractivity contribution < 1.29 is 16.8 Å². The number of rotatable bonds is 6. The Morgan fingerprint density at radius 1 is 0.517 bits per heavy atom. The third kappa shape index (κ3) is 9.10. The van der Waals surface area contributed by atoms with Crippen molar-refractivity contribution in [2.24, 2.45) is 0 Å². The van der Waals surface area contributed by atoms with Gasteiger partial charge in [-0.3, -0.25) is 0 Å². The molecule has 0 fully saturated rings. The third-order valence-electron chi connectivity index (χ3n) is 4.51. The zero-order valence-corrected chi connectivity index (χ0v) is 23.4. The van der Waals surface area contributed by atoms with E-state index in [4.69, 9.17) is 25.3 Å². The van der Waals surface area contributed by atoms with Crippen LogP contribution in [0.5, 0.6) is 0 Å². The van der Waals surface area contributed by atoms with Crippen molar-refractivity contribution in [1.82, 2.24) is 0 Å². The van der Waals surface area contributed by atoms with Crippen LogP contribution in [-0.4, -0.2) is 22.6 Å². The third-order valence-corrected chi connectivity index (χ3v) is 11.9. The van der Waals surface area contributed by atoms with Crippen LogP contribution in [0.2, 0.25) is 0 Å². The minimum absolute atomic E-state index is 0. The van der Waals surface area contributed by atoms with Crippen molar-refractivity contribution in [3.05, 3.63) is 48.5 Å². The first-order valence-electron chi connectivity index (χ1n) is 10.2. The summed E-state index contributed by atoms with van der Waals surface area (Å²) in [5.74, 6) is 0. The van der Waals surface area contributed by atoms with Crippen molar-refractivity contribution in [1.29, 1.82) is 0 Å². The molecule has 29 heavy (non-hydrogen) atoms. The van der Waals surface area contributed by atoms with Gasteiger partial charge in [0.25, 0.3) is 0 Å². The van der Waals surface area contributed by atoms with Gasteiger partial charge in [0.05, 0.1) is 0 Å². The van der Waals surface area contributed by atoms with Gasteiger partial charge >= 0.3 is 16.8 Å². The molecule has 0 heterocycles. The molecular weight excluding hydrogens is 473 g/mol. The maximum atomic E-state index is 5.38. The molecule has 0 aromatic heterocycles. The van der Waals surface area contributed by atoms with Crippen LogP contribution in [0.4, 0.5) is 0 Å². The van der Waals surface area contributed by atoms with E-state index < -0.39 is 0 Å². The summed E-state index contributed by atoms with van der Waals surface area (Å²) in [5, 5.41) is 2.81. The molecule has 163 valence electrons. The maximum absolute atomic E-state index is 5.38. The van der Waals surface area contributed by atoms with Gasteiger partial charge in [0.1, 0.15) is 0 Å². The van der Waals surface area contributed by atoms with E-state index in [0.29, 0.717) is 22.6 Å². The molecular formula is C24H36CoP2S2. The Labute approximate surface area is 204 Å². The molecule has 2 rings (SSSR count). The number of benzene rings is 2. The van der Waals surface area contributed by atoms with Gasteiger partial charge in [-0.05, 0) is 33.2 Å². The van der Waals surface area contributed by atoms with Gasteiger partial charge in [-0.15, -0.1) is 0 Å². The van der Waals surface area contributed by atoms with E-state index in [1.807, 2.05) is 24.3 Å². The van der Waals surface area contributed by atoms with Crippen LogP contribution in [0.25, 0.3) is 0 Å². The Morgan fingerprint density at radius 3 is 0.966 bits per heavy atom. The van der Waals surface area contributed by atoms with Gasteiger partial charge in [-0.2, -0.15) is 9.79 Å². The topological polar surface area (TPSA) is 0 Å². The normalized spacial score (nSPS) is 11.2. The molecule has 0 amide bonds. The molecule has 0 atom stereocenters. The van der Waals surface area contributed by atoms with Gasteiger partial charge in [0, 0.05) is 0 Å². The molecule has 0 N–H and O–H groups in total. The predicted molar refractivity (Wildman–Crippen MR) is 138 cm³/mol. The fourth-order valence-electron chi connectivity index (χ4n) is 3.65. The smallest absolute Gasteiger partial charge is 0.779 e. The molecule has 0 saturated carbocycles. The molecule has 0 saturated heterocycles. The quantitative estimate of drug-likeness (QED) is 0.303. The van der Waals surface area contributed by atoms with Crippen molar-refractivity contribution in [3.8, 4) is 0 Å². The van der Waals surface area contributed by atoms with Gasteiger partial charge < -0.3 is 25.3 Å². The van der Waals surface area contributed by atoms with E-state index in [-0.39, 0.29) is 32.6 Å². The summed E-state index contributed by atoms with van der Waals surface area (Å²) in [6, 6.07) is 16.8. The zero-order chi connectivity index (χ0) is 21.4. The van der Waals surface area contributed by atoms with E-state index in [1.165, 1.54) is 10.6 Å². The molecule has 1 radical (unpaired) electrons. The molecule has 0 nitrogen and oxygen atoms in total. The van der Waals surface area contributed by atoms with Crippen LogP contribution in [0, 0.1) is 0 Å². The second-order valence-electron chi connectivity index (χ2n) is 8.12. The van der Waals surface area contributed by atoms with E-state index in [2.05, 4.69) is 79.7 Å². The summed E-state index contributed by atoms with van der Waals surface area (Å²) in [6.45, 7) is 18.4. The van der Waals surface area contributed by atoms with E-state index >= 15 is 0 Å². The first-order valence-corrected chi connectivity index (χ1v) is 13.9. The van der Waals surface area contributed by atoms with Crippen LogP contribution in [-0.2, 0) is 42.0 Å². The van der Waals surface area contributed by atoms with Crippen LogP contribution < -0.4 is 10.6 Å². The second-order valence-corrected chi connectivity index (χ2v) is 15.7. The first-order chi connectivity index (χ1) is 13.1. The molecule has 5 heteroatoms. The molecule has 0 bridgehead atoms. The second kappa shape index (κ2) is 14.3. The van der Waals surface area contributed by atoms with Crippen LogP contribution in [0.15, 0.2) is 58.3 Å². The van der Waals surface area contributed by atoms with Crippen molar-refractivity contribution in [3.63, 3.8) is 0 Å². The SMILES string of the molecule is CC(C)P(c1ccccc1[S-])C(C)C.CC(C)P(c1ccccc1[S-])C(C)C.[Co+2]. The summed E-state index contributed by atoms with van der Waals surface area (Å²) >= 11 is 10.8. The van der Waals surface area contributed by atoms with Crippen LogP contribution >= 0.6 is 15.8 Å². The van der Waals surface area contributed by atoms with Gasteiger partial charge in [0.2, 0.25) is 0 Å². The van der Waals surface area contributed by atoms with Crippen molar-refractivity contribution >= 4 is 51.7 Å². The average molecular weight is 510 g/mol. The number of hydrogen-bond acceptors (Lipinski definition) is 2. The summed E-state index contributed by atoms with van der Waals surface area (Å²) < 4.78 is 0. The van der Waals surface area contributed by atoms with Crippen LogP contribution in [0.1, 0.15) is 55.4 Å². The molecule has 2 aromatic rings. The van der Waals surface area contributed by atoms with Crippen molar-refractivity contribution in [2.75, 3.05) is 0 Å². The summed E-state index contributed by atoms with van der Waals surface area (Å²) in [5.41, 5.74) is 2.87. The molecule has 0 spiro atoms. The Hall–Kier alpha value is 0.246. The van der Waals surface area contributed by atoms with Gasteiger partial charge in [-0.25, -0.2) is 0 Å². The van der Waals surface area contributed by atoms with E-state index in [9.17, 15) is 0 Å². The monoisotopic (exact) mass is 509 g/mol. The largest absolute Gasteiger partial charge is 2.00 e. The maximum Gasteiger partial charge on any atom is 2.00 e. The minimum Gasteiger partial charge on any atom is -0.779 e. The Kier molecular flexibility index (Phi) is 14.5. The van der Waals surface area contributed by atoms with E-state index in [1.54, 1.807) is 0 Å². The Bertz CT molecular complexity index is 640. The molecule has 0 unspecified atom stereocenters. The molecule has 2 aromatic carbocycles. The Balaban J connectivity index is 0.000000523.